The van der Waals surface area contributed by atoms with Gasteiger partial charge in [-0.3, -0.25) is 0 Å². The van der Waals surface area contributed by atoms with Gasteiger partial charge in [0, 0.05) is 11.6 Å². The summed E-state index contributed by atoms with van der Waals surface area (Å²) in [7, 11) is -3.20. The minimum absolute atomic E-state index is 0.0299. The van der Waals surface area contributed by atoms with E-state index in [2.05, 4.69) is 0 Å². The Kier molecular flexibility index (Phi) is 2.66. The Hall–Kier alpha value is -1.82. The normalized spacial score (nSPS) is 11.8. The average molecular weight is 254 g/mol. The van der Waals surface area contributed by atoms with E-state index in [1.165, 1.54) is 6.07 Å². The van der Waals surface area contributed by atoms with Crippen LogP contribution in [0.4, 0.5) is 0 Å². The van der Waals surface area contributed by atoms with Crippen molar-refractivity contribution in [3.8, 4) is 0 Å². The molecule has 0 spiro atoms. The number of fused-ring (bicyclic) bond motifs is 1. The van der Waals surface area contributed by atoms with E-state index in [-0.39, 0.29) is 22.7 Å². The summed E-state index contributed by atoms with van der Waals surface area (Å²) in [6.07, 6.45) is 1.10. The number of carbonyl (C=O) groups is 1. The largest absolute Gasteiger partial charge is 0.478 e. The molecule has 0 amide bonds. The number of furan rings is 1. The van der Waals surface area contributed by atoms with Crippen LogP contribution in [0.3, 0.4) is 0 Å². The molecule has 2 rings (SSSR count). The first-order valence-electron chi connectivity index (χ1n) is 4.79. The molecule has 0 atom stereocenters. The molecule has 0 aliphatic carbocycles. The zero-order chi connectivity index (χ0) is 12.6. The number of para-hydroxylation sites is 1. The summed E-state index contributed by atoms with van der Waals surface area (Å²) < 4.78 is 27.5. The fraction of sp³-hybridized carbons (Fsp3) is 0.182. The Morgan fingerprint density at radius 1 is 1.41 bits per heavy atom. The highest BCUT2D eigenvalue weighted by Gasteiger charge is 2.15. The summed E-state index contributed by atoms with van der Waals surface area (Å²) in [4.78, 5) is 10.9. The monoisotopic (exact) mass is 254 g/mol. The maximum absolute atomic E-state index is 11.1. The Balaban J connectivity index is 2.58. The van der Waals surface area contributed by atoms with Crippen molar-refractivity contribution in [3.05, 3.63) is 35.6 Å². The van der Waals surface area contributed by atoms with Gasteiger partial charge in [-0.2, -0.15) is 0 Å². The molecule has 5 nitrogen and oxygen atoms in total. The molecular formula is C11H10O5S. The third-order valence-corrected chi connectivity index (χ3v) is 3.04. The maximum atomic E-state index is 11.1. The lowest BCUT2D eigenvalue weighted by molar-refractivity contribution is 0.0698. The first-order chi connectivity index (χ1) is 7.87. The Labute approximate surface area is 97.6 Å². The number of carboxylic acids is 1. The molecule has 0 fully saturated rings. The number of sulfone groups is 1. The quantitative estimate of drug-likeness (QED) is 0.900. The number of rotatable bonds is 3. The fourth-order valence-electron chi connectivity index (χ4n) is 1.61. The Bertz CT molecular complexity index is 681. The van der Waals surface area contributed by atoms with E-state index in [1.54, 1.807) is 18.2 Å². The molecule has 0 unspecified atom stereocenters. The number of carboxylic acid groups (broad SMARTS) is 1. The molecule has 90 valence electrons. The minimum Gasteiger partial charge on any atom is -0.478 e. The highest BCUT2D eigenvalue weighted by Crippen LogP contribution is 2.24. The second kappa shape index (κ2) is 3.89. The van der Waals surface area contributed by atoms with Crippen LogP contribution in [0, 0.1) is 0 Å². The molecule has 1 N–H and O–H groups in total. The van der Waals surface area contributed by atoms with Crippen LogP contribution in [0.1, 0.15) is 16.1 Å². The number of hydrogen-bond acceptors (Lipinski definition) is 4. The summed E-state index contributed by atoms with van der Waals surface area (Å²) in [5.74, 6) is -1.09. The minimum atomic E-state index is -3.20. The van der Waals surface area contributed by atoms with E-state index < -0.39 is 15.8 Å². The van der Waals surface area contributed by atoms with Crippen LogP contribution in [0.5, 0.6) is 0 Å². The van der Waals surface area contributed by atoms with Crippen LogP contribution >= 0.6 is 0 Å². The molecule has 0 radical (unpaired) electrons. The van der Waals surface area contributed by atoms with Crippen molar-refractivity contribution in [2.75, 3.05) is 6.26 Å². The highest BCUT2D eigenvalue weighted by molar-refractivity contribution is 7.89. The molecule has 0 aliphatic rings. The van der Waals surface area contributed by atoms with Crippen LogP contribution in [-0.4, -0.2) is 25.7 Å². The second-order valence-electron chi connectivity index (χ2n) is 3.81. The zero-order valence-corrected chi connectivity index (χ0v) is 9.82. The van der Waals surface area contributed by atoms with E-state index in [9.17, 15) is 13.2 Å². The van der Waals surface area contributed by atoms with Crippen LogP contribution in [0.25, 0.3) is 11.0 Å². The summed E-state index contributed by atoms with van der Waals surface area (Å²) in [5.41, 5.74) is 0.237. The van der Waals surface area contributed by atoms with Crippen molar-refractivity contribution >= 4 is 26.8 Å². The van der Waals surface area contributed by atoms with Gasteiger partial charge in [0.1, 0.15) is 22.7 Å². The molecule has 1 heterocycles. The third-order valence-electron chi connectivity index (χ3n) is 2.23. The van der Waals surface area contributed by atoms with Gasteiger partial charge in [0.2, 0.25) is 0 Å². The van der Waals surface area contributed by atoms with Crippen molar-refractivity contribution in [1.82, 2.24) is 0 Å². The molecule has 17 heavy (non-hydrogen) atoms. The van der Waals surface area contributed by atoms with Crippen molar-refractivity contribution in [2.45, 2.75) is 5.75 Å². The van der Waals surface area contributed by atoms with E-state index in [0.717, 1.165) is 6.26 Å². The van der Waals surface area contributed by atoms with Gasteiger partial charge in [-0.05, 0) is 12.1 Å². The molecule has 1 aromatic heterocycles. The molecule has 1 aromatic carbocycles. The molecular weight excluding hydrogens is 244 g/mol. The van der Waals surface area contributed by atoms with Crippen LogP contribution < -0.4 is 0 Å². The third kappa shape index (κ3) is 2.47. The fourth-order valence-corrected chi connectivity index (χ4v) is 2.27. The van der Waals surface area contributed by atoms with Gasteiger partial charge in [0.05, 0.1) is 0 Å². The van der Waals surface area contributed by atoms with Gasteiger partial charge in [-0.1, -0.05) is 12.1 Å². The predicted molar refractivity (Wildman–Crippen MR) is 61.7 cm³/mol. The Morgan fingerprint density at radius 3 is 2.71 bits per heavy atom. The van der Waals surface area contributed by atoms with Gasteiger partial charge in [-0.25, -0.2) is 13.2 Å². The van der Waals surface area contributed by atoms with Crippen molar-refractivity contribution in [1.29, 1.82) is 0 Å². The molecule has 6 heteroatoms. The lowest BCUT2D eigenvalue weighted by Crippen LogP contribution is -1.99. The SMILES string of the molecule is CS(=O)(=O)Cc1cc2cccc(C(=O)O)c2o1. The molecule has 0 saturated heterocycles. The van der Waals surface area contributed by atoms with E-state index in [1.807, 2.05) is 0 Å². The summed E-state index contributed by atoms with van der Waals surface area (Å²) in [5, 5.41) is 9.53. The zero-order valence-electron chi connectivity index (χ0n) is 9.00. The number of hydrogen-bond donors (Lipinski definition) is 1. The molecule has 2 aromatic rings. The predicted octanol–water partition coefficient (Wildman–Crippen LogP) is 1.68. The van der Waals surface area contributed by atoms with Crippen molar-refractivity contribution < 1.29 is 22.7 Å². The maximum Gasteiger partial charge on any atom is 0.339 e. The van der Waals surface area contributed by atoms with Crippen molar-refractivity contribution in [3.63, 3.8) is 0 Å². The van der Waals surface area contributed by atoms with Crippen LogP contribution in [-0.2, 0) is 15.6 Å². The first kappa shape index (κ1) is 11.7. The standard InChI is InChI=1S/C11H10O5S/c1-17(14,15)6-8-5-7-3-2-4-9(11(12)13)10(7)16-8/h2-5H,6H2,1H3,(H,12,13). The molecule has 0 bridgehead atoms. The Morgan fingerprint density at radius 2 is 2.12 bits per heavy atom. The smallest absolute Gasteiger partial charge is 0.339 e. The summed E-state index contributed by atoms with van der Waals surface area (Å²) >= 11 is 0. The number of benzene rings is 1. The first-order valence-corrected chi connectivity index (χ1v) is 6.85. The van der Waals surface area contributed by atoms with Gasteiger partial charge >= 0.3 is 5.97 Å². The molecule has 0 aliphatic heterocycles. The number of aromatic carboxylic acids is 1. The molecule has 0 saturated carbocycles. The van der Waals surface area contributed by atoms with E-state index >= 15 is 0 Å². The van der Waals surface area contributed by atoms with Crippen molar-refractivity contribution in [2.24, 2.45) is 0 Å². The van der Waals surface area contributed by atoms with Crippen LogP contribution in [0.2, 0.25) is 0 Å². The van der Waals surface area contributed by atoms with E-state index in [0.29, 0.717) is 5.39 Å². The van der Waals surface area contributed by atoms with Gasteiger partial charge in [0.25, 0.3) is 0 Å². The second-order valence-corrected chi connectivity index (χ2v) is 5.95. The van der Waals surface area contributed by atoms with Gasteiger partial charge in [-0.15, -0.1) is 0 Å². The summed E-state index contributed by atoms with van der Waals surface area (Å²) in [6.45, 7) is 0. The summed E-state index contributed by atoms with van der Waals surface area (Å²) in [6, 6.07) is 6.23. The topological polar surface area (TPSA) is 84.6 Å². The highest BCUT2D eigenvalue weighted by atomic mass is 32.2. The van der Waals surface area contributed by atoms with Gasteiger partial charge in [0.15, 0.2) is 9.84 Å². The van der Waals surface area contributed by atoms with Gasteiger partial charge < -0.3 is 9.52 Å². The lowest BCUT2D eigenvalue weighted by atomic mass is 10.1. The van der Waals surface area contributed by atoms with E-state index in [4.69, 9.17) is 9.52 Å². The average Bonchev–Trinajstić information content (AvgIpc) is 2.55. The lowest BCUT2D eigenvalue weighted by Gasteiger charge is -1.95. The van der Waals surface area contributed by atoms with Crippen LogP contribution in [0.15, 0.2) is 28.7 Å².